The number of ether oxygens (including phenoxy) is 1. The minimum atomic E-state index is -0.340. The second kappa shape index (κ2) is 7.52. The van der Waals surface area contributed by atoms with E-state index in [9.17, 15) is 4.39 Å². The Morgan fingerprint density at radius 1 is 1.33 bits per heavy atom. The van der Waals surface area contributed by atoms with Gasteiger partial charge in [-0.05, 0) is 30.7 Å². The minimum absolute atomic E-state index is 0.340. The van der Waals surface area contributed by atoms with Gasteiger partial charge >= 0.3 is 0 Å². The van der Waals surface area contributed by atoms with Gasteiger partial charge in [-0.3, -0.25) is 4.98 Å². The average molecular weight is 353 g/mol. The van der Waals surface area contributed by atoms with E-state index in [2.05, 4.69) is 40.1 Å². The van der Waals surface area contributed by atoms with Crippen LogP contribution in [0.15, 0.2) is 41.1 Å². The van der Waals surface area contributed by atoms with Gasteiger partial charge in [-0.1, -0.05) is 29.8 Å². The van der Waals surface area contributed by atoms with Crippen LogP contribution in [0.4, 0.5) is 4.39 Å². The van der Waals surface area contributed by atoms with Gasteiger partial charge in [0.1, 0.15) is 17.3 Å². The second-order valence-corrected chi connectivity index (χ2v) is 6.13. The molecule has 0 aliphatic rings. The molecule has 2 rings (SSSR count). The summed E-state index contributed by atoms with van der Waals surface area (Å²) in [5, 5.41) is 3.35. The molecule has 0 atom stereocenters. The molecule has 0 aliphatic heterocycles. The highest BCUT2D eigenvalue weighted by atomic mass is 79.9. The molecule has 0 unspecified atom stereocenters. The summed E-state index contributed by atoms with van der Waals surface area (Å²) < 4.78 is 19.8. The number of halogens is 2. The van der Waals surface area contributed by atoms with Gasteiger partial charge < -0.3 is 10.1 Å². The van der Waals surface area contributed by atoms with Crippen LogP contribution in [0.1, 0.15) is 19.4 Å². The van der Waals surface area contributed by atoms with Gasteiger partial charge in [0.25, 0.3) is 0 Å². The molecule has 1 heterocycles. The Hall–Kier alpha value is -1.46. The molecule has 0 saturated heterocycles. The largest absolute Gasteiger partial charge is 0.457 e. The van der Waals surface area contributed by atoms with Gasteiger partial charge in [-0.15, -0.1) is 0 Å². The SMILES string of the molecule is CC(C)CNCc1cnccc1Oc1cc(F)cc(Br)c1. The first kappa shape index (κ1) is 15.9. The Balaban J connectivity index is 2.12. The molecular weight excluding hydrogens is 335 g/mol. The quantitative estimate of drug-likeness (QED) is 0.829. The standard InChI is InChI=1S/C16H18BrFN2O/c1-11(2)8-20-10-12-9-19-4-3-16(12)21-15-6-13(17)5-14(18)7-15/h3-7,9,11,20H,8,10H2,1-2H3. The van der Waals surface area contributed by atoms with Crippen LogP contribution in [0.3, 0.4) is 0 Å². The van der Waals surface area contributed by atoms with E-state index in [-0.39, 0.29) is 5.82 Å². The van der Waals surface area contributed by atoms with Crippen molar-refractivity contribution in [1.29, 1.82) is 0 Å². The third-order valence-electron chi connectivity index (χ3n) is 2.79. The van der Waals surface area contributed by atoms with Crippen LogP contribution in [-0.4, -0.2) is 11.5 Å². The zero-order chi connectivity index (χ0) is 15.2. The van der Waals surface area contributed by atoms with Crippen LogP contribution in [-0.2, 0) is 6.54 Å². The molecule has 1 N–H and O–H groups in total. The smallest absolute Gasteiger partial charge is 0.134 e. The summed E-state index contributed by atoms with van der Waals surface area (Å²) in [4.78, 5) is 4.12. The number of nitrogens with zero attached hydrogens (tertiary/aromatic N) is 1. The maximum atomic E-state index is 13.4. The topological polar surface area (TPSA) is 34.2 Å². The van der Waals surface area contributed by atoms with Gasteiger partial charge in [0.2, 0.25) is 0 Å². The number of hydrogen-bond donors (Lipinski definition) is 1. The molecule has 0 saturated carbocycles. The fourth-order valence-electron chi connectivity index (χ4n) is 1.86. The molecule has 0 spiro atoms. The molecule has 2 aromatic rings. The van der Waals surface area contributed by atoms with Gasteiger partial charge in [0.15, 0.2) is 0 Å². The summed E-state index contributed by atoms with van der Waals surface area (Å²) >= 11 is 3.26. The molecule has 0 bridgehead atoms. The van der Waals surface area contributed by atoms with E-state index in [1.807, 2.05) is 0 Å². The number of rotatable bonds is 6. The Kier molecular flexibility index (Phi) is 5.70. The van der Waals surface area contributed by atoms with E-state index >= 15 is 0 Å². The molecule has 112 valence electrons. The van der Waals surface area contributed by atoms with Gasteiger partial charge in [0.05, 0.1) is 0 Å². The molecule has 3 nitrogen and oxygen atoms in total. The van der Waals surface area contributed by atoms with Crippen LogP contribution in [0.2, 0.25) is 0 Å². The first-order valence-corrected chi connectivity index (χ1v) is 7.61. The Labute approximate surface area is 132 Å². The number of nitrogens with one attached hydrogen (secondary N) is 1. The van der Waals surface area contributed by atoms with Crippen molar-refractivity contribution >= 4 is 15.9 Å². The van der Waals surface area contributed by atoms with E-state index in [1.54, 1.807) is 24.5 Å². The summed E-state index contributed by atoms with van der Waals surface area (Å²) in [6, 6.07) is 6.26. The van der Waals surface area contributed by atoms with Crippen molar-refractivity contribution in [3.8, 4) is 11.5 Å². The lowest BCUT2D eigenvalue weighted by molar-refractivity contribution is 0.463. The Morgan fingerprint density at radius 3 is 2.86 bits per heavy atom. The zero-order valence-electron chi connectivity index (χ0n) is 12.1. The van der Waals surface area contributed by atoms with Crippen molar-refractivity contribution in [3.05, 3.63) is 52.5 Å². The fraction of sp³-hybridized carbons (Fsp3) is 0.312. The predicted octanol–water partition coefficient (Wildman–Crippen LogP) is 4.52. The van der Waals surface area contributed by atoms with Crippen LogP contribution in [0.5, 0.6) is 11.5 Å². The van der Waals surface area contributed by atoms with Crippen molar-refractivity contribution in [1.82, 2.24) is 10.3 Å². The predicted molar refractivity (Wildman–Crippen MR) is 85.0 cm³/mol. The van der Waals surface area contributed by atoms with E-state index in [1.165, 1.54) is 12.1 Å². The first-order chi connectivity index (χ1) is 10.0. The molecule has 1 aromatic heterocycles. The minimum Gasteiger partial charge on any atom is -0.457 e. The molecule has 0 amide bonds. The monoisotopic (exact) mass is 352 g/mol. The van der Waals surface area contributed by atoms with Crippen molar-refractivity contribution in [2.45, 2.75) is 20.4 Å². The number of aromatic nitrogens is 1. The second-order valence-electron chi connectivity index (χ2n) is 5.22. The molecular formula is C16H18BrFN2O. The van der Waals surface area contributed by atoms with E-state index in [4.69, 9.17) is 4.74 Å². The third-order valence-corrected chi connectivity index (χ3v) is 3.25. The highest BCUT2D eigenvalue weighted by Gasteiger charge is 2.07. The van der Waals surface area contributed by atoms with Gasteiger partial charge in [0, 0.05) is 35.0 Å². The Morgan fingerprint density at radius 2 is 2.14 bits per heavy atom. The van der Waals surface area contributed by atoms with E-state index in [0.717, 1.165) is 12.1 Å². The van der Waals surface area contributed by atoms with Crippen LogP contribution in [0, 0.1) is 11.7 Å². The summed E-state index contributed by atoms with van der Waals surface area (Å²) in [5.74, 6) is 1.37. The maximum absolute atomic E-state index is 13.4. The van der Waals surface area contributed by atoms with Crippen LogP contribution < -0.4 is 10.1 Å². The molecule has 5 heteroatoms. The molecule has 21 heavy (non-hydrogen) atoms. The third kappa shape index (κ3) is 5.10. The van der Waals surface area contributed by atoms with E-state index < -0.39 is 0 Å². The first-order valence-electron chi connectivity index (χ1n) is 6.82. The fourth-order valence-corrected chi connectivity index (χ4v) is 2.30. The molecule has 0 fully saturated rings. The zero-order valence-corrected chi connectivity index (χ0v) is 13.7. The lowest BCUT2D eigenvalue weighted by Gasteiger charge is -2.12. The maximum Gasteiger partial charge on any atom is 0.134 e. The molecule has 0 aliphatic carbocycles. The molecule has 0 radical (unpaired) electrons. The highest BCUT2D eigenvalue weighted by Crippen LogP contribution is 2.27. The van der Waals surface area contributed by atoms with E-state index in [0.29, 0.717) is 28.4 Å². The van der Waals surface area contributed by atoms with Crippen LogP contribution in [0.25, 0.3) is 0 Å². The lowest BCUT2D eigenvalue weighted by atomic mass is 10.2. The van der Waals surface area contributed by atoms with Crippen molar-refractivity contribution in [2.24, 2.45) is 5.92 Å². The van der Waals surface area contributed by atoms with Crippen molar-refractivity contribution in [3.63, 3.8) is 0 Å². The summed E-state index contributed by atoms with van der Waals surface area (Å²) in [7, 11) is 0. The lowest BCUT2D eigenvalue weighted by Crippen LogP contribution is -2.19. The van der Waals surface area contributed by atoms with Crippen molar-refractivity contribution < 1.29 is 9.13 Å². The number of benzene rings is 1. The normalized spacial score (nSPS) is 10.9. The number of pyridine rings is 1. The van der Waals surface area contributed by atoms with Crippen LogP contribution >= 0.6 is 15.9 Å². The summed E-state index contributed by atoms with van der Waals surface area (Å²) in [6.45, 7) is 5.88. The summed E-state index contributed by atoms with van der Waals surface area (Å²) in [5.41, 5.74) is 0.943. The molecule has 1 aromatic carbocycles. The number of hydrogen-bond acceptors (Lipinski definition) is 3. The van der Waals surface area contributed by atoms with Gasteiger partial charge in [-0.2, -0.15) is 0 Å². The highest BCUT2D eigenvalue weighted by molar-refractivity contribution is 9.10. The summed E-state index contributed by atoms with van der Waals surface area (Å²) in [6.07, 6.45) is 3.42. The van der Waals surface area contributed by atoms with Gasteiger partial charge in [-0.25, -0.2) is 4.39 Å². The van der Waals surface area contributed by atoms with Crippen molar-refractivity contribution in [2.75, 3.05) is 6.54 Å². The average Bonchev–Trinajstić information content (AvgIpc) is 2.39. The Bertz CT molecular complexity index is 584.